The van der Waals surface area contributed by atoms with Gasteiger partial charge in [0.25, 0.3) is 0 Å². The van der Waals surface area contributed by atoms with Gasteiger partial charge in [0.05, 0.1) is 0 Å². The number of rotatable bonds is 3. The molecule has 1 nitrogen and oxygen atoms in total. The SMILES string of the molecule is CCCCN1C=CC=CC1.Cl.Cl.Cl.Cl.Cl.[AlH3]. The van der Waals surface area contributed by atoms with E-state index >= 15 is 0 Å². The Labute approximate surface area is 141 Å². The normalized spacial score (nSPS) is 10.2. The molecule has 0 fully saturated rings. The molecule has 0 aromatic rings. The Balaban J connectivity index is -0.0000000417. The Bertz CT molecular complexity index is 155. The maximum atomic E-state index is 2.34. The maximum absolute atomic E-state index is 2.34. The van der Waals surface area contributed by atoms with Crippen molar-refractivity contribution in [2.45, 2.75) is 19.8 Å². The Morgan fingerprint density at radius 2 is 1.56 bits per heavy atom. The van der Waals surface area contributed by atoms with Crippen LogP contribution in [-0.2, 0) is 0 Å². The molecule has 0 bridgehead atoms. The van der Waals surface area contributed by atoms with Crippen LogP contribution in [0.15, 0.2) is 24.4 Å². The van der Waals surface area contributed by atoms with Crippen molar-refractivity contribution in [1.29, 1.82) is 0 Å². The van der Waals surface area contributed by atoms with Gasteiger partial charge < -0.3 is 4.90 Å². The van der Waals surface area contributed by atoms with E-state index in [-0.39, 0.29) is 79.4 Å². The first-order valence-electron chi connectivity index (χ1n) is 4.01. The van der Waals surface area contributed by atoms with E-state index in [9.17, 15) is 0 Å². The highest BCUT2D eigenvalue weighted by Gasteiger charge is 1.96. The first kappa shape index (κ1) is 36.0. The van der Waals surface area contributed by atoms with Gasteiger partial charge in [-0.3, -0.25) is 0 Å². The summed E-state index contributed by atoms with van der Waals surface area (Å²) in [7, 11) is 0. The van der Waals surface area contributed by atoms with E-state index in [0.717, 1.165) is 6.54 Å². The molecule has 0 radical (unpaired) electrons. The minimum Gasteiger partial charge on any atom is -0.374 e. The summed E-state index contributed by atoms with van der Waals surface area (Å²) in [6.07, 6.45) is 11.1. The summed E-state index contributed by atoms with van der Waals surface area (Å²) in [4.78, 5) is 2.34. The second kappa shape index (κ2) is 25.2. The summed E-state index contributed by atoms with van der Waals surface area (Å²) in [6.45, 7) is 4.53. The molecule has 0 unspecified atom stereocenters. The van der Waals surface area contributed by atoms with E-state index < -0.39 is 0 Å². The van der Waals surface area contributed by atoms with Crippen molar-refractivity contribution in [3.63, 3.8) is 0 Å². The van der Waals surface area contributed by atoms with Crippen molar-refractivity contribution < 1.29 is 0 Å². The molecule has 1 rings (SSSR count). The molecule has 1 heterocycles. The Morgan fingerprint density at radius 1 is 1.00 bits per heavy atom. The van der Waals surface area contributed by atoms with E-state index in [1.807, 2.05) is 0 Å². The van der Waals surface area contributed by atoms with E-state index in [1.165, 1.54) is 19.4 Å². The predicted molar refractivity (Wildman–Crippen MR) is 90.9 cm³/mol. The molecule has 0 aromatic heterocycles. The van der Waals surface area contributed by atoms with Crippen LogP contribution in [0.5, 0.6) is 0 Å². The molecule has 0 N–H and O–H groups in total. The van der Waals surface area contributed by atoms with E-state index in [2.05, 4.69) is 36.3 Å². The number of halogens is 5. The lowest BCUT2D eigenvalue weighted by Crippen LogP contribution is -2.19. The van der Waals surface area contributed by atoms with Crippen molar-refractivity contribution in [1.82, 2.24) is 4.90 Å². The highest BCUT2D eigenvalue weighted by atomic mass is 35.5. The van der Waals surface area contributed by atoms with Gasteiger partial charge >= 0.3 is 0 Å². The molecule has 0 aliphatic carbocycles. The first-order chi connectivity index (χ1) is 4.93. The van der Waals surface area contributed by atoms with Crippen molar-refractivity contribution >= 4 is 79.4 Å². The van der Waals surface area contributed by atoms with Gasteiger partial charge in [-0.25, -0.2) is 0 Å². The average Bonchev–Trinajstić information content (AvgIpc) is 2.03. The minimum atomic E-state index is 0. The van der Waals surface area contributed by atoms with Crippen LogP contribution >= 0.6 is 62.0 Å². The fraction of sp³-hybridized carbons (Fsp3) is 0.556. The van der Waals surface area contributed by atoms with E-state index in [0.29, 0.717) is 0 Å². The van der Waals surface area contributed by atoms with Gasteiger partial charge in [0.15, 0.2) is 17.4 Å². The molecule has 1 aliphatic heterocycles. The van der Waals surface area contributed by atoms with Crippen molar-refractivity contribution in [2.75, 3.05) is 13.1 Å². The summed E-state index contributed by atoms with van der Waals surface area (Å²) in [5, 5.41) is 0. The lowest BCUT2D eigenvalue weighted by molar-refractivity contribution is 0.401. The molecule has 0 spiro atoms. The number of hydrogen-bond acceptors (Lipinski definition) is 1. The monoisotopic (exact) mass is 347 g/mol. The van der Waals surface area contributed by atoms with Gasteiger partial charge in [-0.05, 0) is 18.7 Å². The quantitative estimate of drug-likeness (QED) is 0.708. The summed E-state index contributed by atoms with van der Waals surface area (Å²) >= 11 is 0. The minimum absolute atomic E-state index is 0. The van der Waals surface area contributed by atoms with Crippen LogP contribution in [-0.4, -0.2) is 35.4 Å². The van der Waals surface area contributed by atoms with Gasteiger partial charge in [0.2, 0.25) is 0 Å². The van der Waals surface area contributed by atoms with Crippen LogP contribution < -0.4 is 0 Å². The number of unbranched alkanes of at least 4 members (excludes halogenated alkanes) is 1. The second-order valence-corrected chi connectivity index (χ2v) is 2.62. The lowest BCUT2D eigenvalue weighted by atomic mass is 10.3. The van der Waals surface area contributed by atoms with Gasteiger partial charge in [-0.15, -0.1) is 62.0 Å². The average molecular weight is 350 g/mol. The van der Waals surface area contributed by atoms with Gasteiger partial charge in [-0.1, -0.05) is 25.5 Å². The third-order valence-corrected chi connectivity index (χ3v) is 1.68. The lowest BCUT2D eigenvalue weighted by Gasteiger charge is -2.19. The molecule has 7 heteroatoms. The van der Waals surface area contributed by atoms with Gasteiger partial charge in [-0.2, -0.15) is 0 Å². The zero-order valence-corrected chi connectivity index (χ0v) is 12.7. The molecule has 0 saturated heterocycles. The largest absolute Gasteiger partial charge is 0.374 e. The standard InChI is InChI=1S/C9H15N.Al.5ClH.3H/c1-2-3-7-10-8-5-4-6-9-10;;;;;;;;;/h4-6,8H,2-3,7,9H2,1H3;;5*1H;;;. The highest BCUT2D eigenvalue weighted by molar-refractivity contribution is 5.86. The van der Waals surface area contributed by atoms with Crippen LogP contribution in [0.1, 0.15) is 19.8 Å². The fourth-order valence-corrected chi connectivity index (χ4v) is 1.03. The number of nitrogens with zero attached hydrogens (tertiary/aromatic N) is 1. The van der Waals surface area contributed by atoms with Crippen LogP contribution in [0.3, 0.4) is 0 Å². The Kier molecular flexibility index (Phi) is 56.7. The van der Waals surface area contributed by atoms with Crippen LogP contribution in [0.2, 0.25) is 0 Å². The zero-order chi connectivity index (χ0) is 7.23. The number of hydrogen-bond donors (Lipinski definition) is 0. The zero-order valence-electron chi connectivity index (χ0n) is 8.63. The molecule has 102 valence electrons. The molecule has 0 aromatic carbocycles. The van der Waals surface area contributed by atoms with Crippen LogP contribution in [0, 0.1) is 0 Å². The Hall–Kier alpha value is 1.26. The molecule has 1 aliphatic rings. The first-order valence-corrected chi connectivity index (χ1v) is 4.01. The van der Waals surface area contributed by atoms with E-state index in [4.69, 9.17) is 0 Å². The summed E-state index contributed by atoms with van der Waals surface area (Å²) in [6, 6.07) is 0. The van der Waals surface area contributed by atoms with Crippen LogP contribution in [0.4, 0.5) is 0 Å². The second-order valence-electron chi connectivity index (χ2n) is 2.62. The topological polar surface area (TPSA) is 3.24 Å². The molecule has 16 heavy (non-hydrogen) atoms. The summed E-state index contributed by atoms with van der Waals surface area (Å²) in [5.74, 6) is 0. The number of allylic oxidation sites excluding steroid dienone is 2. The summed E-state index contributed by atoms with van der Waals surface area (Å²) in [5.41, 5.74) is 0. The van der Waals surface area contributed by atoms with Gasteiger partial charge in [0, 0.05) is 13.1 Å². The van der Waals surface area contributed by atoms with Gasteiger partial charge in [0.1, 0.15) is 0 Å². The fourth-order valence-electron chi connectivity index (χ4n) is 1.03. The maximum Gasteiger partial charge on any atom is 0.187 e. The van der Waals surface area contributed by atoms with Crippen molar-refractivity contribution in [3.8, 4) is 0 Å². The molecular weight excluding hydrogens is 326 g/mol. The molecule has 0 atom stereocenters. The third kappa shape index (κ3) is 17.7. The van der Waals surface area contributed by atoms with E-state index in [1.54, 1.807) is 0 Å². The van der Waals surface area contributed by atoms with Crippen molar-refractivity contribution in [2.24, 2.45) is 0 Å². The Morgan fingerprint density at radius 3 is 1.94 bits per heavy atom. The smallest absolute Gasteiger partial charge is 0.187 e. The molecule has 0 amide bonds. The highest BCUT2D eigenvalue weighted by Crippen LogP contribution is 2.00. The molecule has 0 saturated carbocycles. The summed E-state index contributed by atoms with van der Waals surface area (Å²) < 4.78 is 0. The third-order valence-electron chi connectivity index (χ3n) is 1.68. The molecular formula is C9H23AlCl5N. The predicted octanol–water partition coefficient (Wildman–Crippen LogP) is 3.10. The van der Waals surface area contributed by atoms with Crippen molar-refractivity contribution in [3.05, 3.63) is 24.4 Å². The van der Waals surface area contributed by atoms with Crippen LogP contribution in [0.25, 0.3) is 0 Å².